The van der Waals surface area contributed by atoms with Crippen LogP contribution in [0.5, 0.6) is 0 Å². The van der Waals surface area contributed by atoms with Gasteiger partial charge in [0.1, 0.15) is 5.82 Å². The minimum Gasteiger partial charge on any atom is -0.618 e. The smallest absolute Gasteiger partial charge is 0.251 e. The lowest BCUT2D eigenvalue weighted by molar-refractivity contribution is -0.645. The van der Waals surface area contributed by atoms with Crippen molar-refractivity contribution in [2.24, 2.45) is 0 Å². The molecular formula is C17H16N4O2S. The van der Waals surface area contributed by atoms with Crippen LogP contribution in [0.4, 0.5) is 5.82 Å². The van der Waals surface area contributed by atoms with E-state index in [1.807, 2.05) is 43.3 Å². The Kier molecular flexibility index (Phi) is 4.81. The Bertz CT molecular complexity index is 849. The summed E-state index contributed by atoms with van der Waals surface area (Å²) >= 11 is 1.19. The van der Waals surface area contributed by atoms with Crippen LogP contribution in [0, 0.1) is 12.1 Å². The predicted molar refractivity (Wildman–Crippen MR) is 93.1 cm³/mol. The molecule has 7 heteroatoms. The van der Waals surface area contributed by atoms with Gasteiger partial charge < -0.3 is 10.5 Å². The lowest BCUT2D eigenvalue weighted by Gasteiger charge is -2.08. The van der Waals surface area contributed by atoms with E-state index in [-0.39, 0.29) is 11.7 Å². The second kappa shape index (κ2) is 7.18. The van der Waals surface area contributed by atoms with E-state index >= 15 is 0 Å². The van der Waals surface area contributed by atoms with Gasteiger partial charge in [0.2, 0.25) is 5.91 Å². The number of hydrogen-bond donors (Lipinski definition) is 1. The largest absolute Gasteiger partial charge is 0.618 e. The summed E-state index contributed by atoms with van der Waals surface area (Å²) in [6, 6.07) is 16.5. The maximum atomic E-state index is 12.2. The number of nitrogens with one attached hydrogen (secondary N) is 1. The van der Waals surface area contributed by atoms with Crippen LogP contribution in [0.2, 0.25) is 0 Å². The number of carbonyl (C=O) groups is 1. The molecule has 122 valence electrons. The van der Waals surface area contributed by atoms with E-state index in [0.717, 1.165) is 16.1 Å². The van der Waals surface area contributed by atoms with Crippen molar-refractivity contribution in [2.75, 3.05) is 11.1 Å². The van der Waals surface area contributed by atoms with E-state index in [9.17, 15) is 10.0 Å². The molecule has 3 aromatic rings. The van der Waals surface area contributed by atoms with Crippen molar-refractivity contribution in [1.29, 1.82) is 0 Å². The zero-order valence-electron chi connectivity index (χ0n) is 13.0. The van der Waals surface area contributed by atoms with Gasteiger partial charge in [-0.3, -0.25) is 4.79 Å². The number of pyridine rings is 1. The third-order valence-electron chi connectivity index (χ3n) is 3.24. The van der Waals surface area contributed by atoms with E-state index in [1.165, 1.54) is 18.0 Å². The van der Waals surface area contributed by atoms with Gasteiger partial charge in [-0.05, 0) is 36.9 Å². The summed E-state index contributed by atoms with van der Waals surface area (Å²) < 4.78 is 2.44. The molecule has 0 aliphatic carbocycles. The fourth-order valence-corrected chi connectivity index (χ4v) is 2.91. The van der Waals surface area contributed by atoms with Crippen molar-refractivity contribution < 1.29 is 9.52 Å². The predicted octanol–water partition coefficient (Wildman–Crippen LogP) is 2.54. The van der Waals surface area contributed by atoms with Crippen LogP contribution in [-0.2, 0) is 4.79 Å². The number of amides is 1. The van der Waals surface area contributed by atoms with Crippen molar-refractivity contribution in [1.82, 2.24) is 9.78 Å². The number of carbonyl (C=O) groups excluding carboxylic acids is 1. The van der Waals surface area contributed by atoms with Gasteiger partial charge in [0.05, 0.1) is 17.1 Å². The molecule has 1 aromatic carbocycles. The average molecular weight is 340 g/mol. The van der Waals surface area contributed by atoms with E-state index in [2.05, 4.69) is 10.4 Å². The summed E-state index contributed by atoms with van der Waals surface area (Å²) in [5.41, 5.74) is 1.68. The zero-order valence-corrected chi connectivity index (χ0v) is 13.9. The summed E-state index contributed by atoms with van der Waals surface area (Å²) in [5, 5.41) is 19.3. The Morgan fingerprint density at radius 1 is 1.25 bits per heavy atom. The molecule has 24 heavy (non-hydrogen) atoms. The number of nitrogens with zero attached hydrogens (tertiary/aromatic N) is 3. The summed E-state index contributed by atoms with van der Waals surface area (Å²) in [4.78, 5) is 12.2. The molecule has 0 fully saturated rings. The number of aromatic nitrogens is 3. The van der Waals surface area contributed by atoms with Crippen LogP contribution in [0.25, 0.3) is 5.69 Å². The van der Waals surface area contributed by atoms with Crippen molar-refractivity contribution in [3.05, 3.63) is 71.7 Å². The van der Waals surface area contributed by atoms with Crippen molar-refractivity contribution in [3.63, 3.8) is 0 Å². The molecule has 0 saturated carbocycles. The van der Waals surface area contributed by atoms with Gasteiger partial charge in [0.25, 0.3) is 5.03 Å². The van der Waals surface area contributed by atoms with Crippen LogP contribution >= 0.6 is 11.8 Å². The van der Waals surface area contributed by atoms with Gasteiger partial charge in [-0.25, -0.2) is 4.68 Å². The first-order valence-corrected chi connectivity index (χ1v) is 8.35. The fraction of sp³-hybridized carbons (Fsp3) is 0.118. The highest BCUT2D eigenvalue weighted by Gasteiger charge is 2.13. The average Bonchev–Trinajstić information content (AvgIpc) is 2.95. The topological polar surface area (TPSA) is 73.9 Å². The molecule has 1 amide bonds. The number of rotatable bonds is 5. The Morgan fingerprint density at radius 3 is 2.75 bits per heavy atom. The molecule has 0 aliphatic heterocycles. The molecule has 1 N–H and O–H groups in total. The molecule has 0 aliphatic rings. The molecule has 2 heterocycles. The lowest BCUT2D eigenvalue weighted by Crippen LogP contribution is -2.28. The summed E-state index contributed by atoms with van der Waals surface area (Å²) in [6.07, 6.45) is 1.41. The number of benzene rings is 1. The number of anilines is 1. The summed E-state index contributed by atoms with van der Waals surface area (Å²) in [7, 11) is 0. The van der Waals surface area contributed by atoms with Crippen LogP contribution in [0.1, 0.15) is 5.69 Å². The standard InChI is InChI=1S/C17H16N4O2S/c1-13-11-15(21(19-13)14-7-3-2-4-8-14)18-16(22)12-24-17-9-5-6-10-20(17)23/h2-11H,12H2,1H3,(H,18,22). The van der Waals surface area contributed by atoms with E-state index in [4.69, 9.17) is 0 Å². The first-order chi connectivity index (χ1) is 11.6. The van der Waals surface area contributed by atoms with Gasteiger partial charge >= 0.3 is 0 Å². The highest BCUT2D eigenvalue weighted by Crippen LogP contribution is 2.18. The first-order valence-electron chi connectivity index (χ1n) is 7.36. The second-order valence-corrected chi connectivity index (χ2v) is 6.12. The van der Waals surface area contributed by atoms with Gasteiger partial charge in [0.15, 0.2) is 6.20 Å². The van der Waals surface area contributed by atoms with Crippen LogP contribution in [0.3, 0.4) is 0 Å². The van der Waals surface area contributed by atoms with Crippen LogP contribution in [0.15, 0.2) is 65.8 Å². The maximum absolute atomic E-state index is 12.2. The molecule has 6 nitrogen and oxygen atoms in total. The molecule has 0 spiro atoms. The second-order valence-electron chi connectivity index (χ2n) is 5.12. The Hall–Kier alpha value is -2.80. The van der Waals surface area contributed by atoms with Crippen molar-refractivity contribution in [2.45, 2.75) is 11.9 Å². The molecule has 2 aromatic heterocycles. The Balaban J connectivity index is 1.70. The highest BCUT2D eigenvalue weighted by molar-refractivity contribution is 7.99. The Labute approximate surface area is 143 Å². The fourth-order valence-electron chi connectivity index (χ4n) is 2.20. The van der Waals surface area contributed by atoms with Gasteiger partial charge in [-0.15, -0.1) is 0 Å². The molecule has 0 saturated heterocycles. The molecule has 0 radical (unpaired) electrons. The van der Waals surface area contributed by atoms with Gasteiger partial charge in [-0.1, -0.05) is 18.2 Å². The van der Waals surface area contributed by atoms with Crippen molar-refractivity contribution in [3.8, 4) is 5.69 Å². The lowest BCUT2D eigenvalue weighted by atomic mass is 10.3. The molecule has 0 atom stereocenters. The number of aryl methyl sites for hydroxylation is 1. The quantitative estimate of drug-likeness (QED) is 0.440. The molecule has 3 rings (SSSR count). The Morgan fingerprint density at radius 2 is 2.00 bits per heavy atom. The third-order valence-corrected chi connectivity index (χ3v) is 4.26. The van der Waals surface area contributed by atoms with E-state index < -0.39 is 0 Å². The number of para-hydroxylation sites is 1. The summed E-state index contributed by atoms with van der Waals surface area (Å²) in [5.74, 6) is 0.555. The molecule has 0 unspecified atom stereocenters. The zero-order chi connectivity index (χ0) is 16.9. The van der Waals surface area contributed by atoms with E-state index in [1.54, 1.807) is 22.9 Å². The van der Waals surface area contributed by atoms with E-state index in [0.29, 0.717) is 10.8 Å². The SMILES string of the molecule is Cc1cc(NC(=O)CSc2cccc[n+]2[O-])n(-c2ccccc2)n1. The number of thioether (sulfide) groups is 1. The van der Waals surface area contributed by atoms with Gasteiger partial charge in [0, 0.05) is 18.2 Å². The summed E-state index contributed by atoms with van der Waals surface area (Å²) in [6.45, 7) is 1.87. The first kappa shape index (κ1) is 16.1. The maximum Gasteiger partial charge on any atom is 0.251 e. The minimum absolute atomic E-state index is 0.144. The monoisotopic (exact) mass is 340 g/mol. The third kappa shape index (κ3) is 3.75. The normalized spacial score (nSPS) is 10.5. The minimum atomic E-state index is -0.194. The van der Waals surface area contributed by atoms with Gasteiger partial charge in [-0.2, -0.15) is 9.83 Å². The van der Waals surface area contributed by atoms with Crippen LogP contribution < -0.4 is 10.0 Å². The van der Waals surface area contributed by atoms with Crippen LogP contribution in [-0.4, -0.2) is 21.4 Å². The highest BCUT2D eigenvalue weighted by atomic mass is 32.2. The number of hydrogen-bond acceptors (Lipinski definition) is 4. The van der Waals surface area contributed by atoms with Crippen molar-refractivity contribution >= 4 is 23.5 Å². The molecule has 0 bridgehead atoms. The molecular weight excluding hydrogens is 324 g/mol.